The molecule has 1 N–H and O–H groups in total. The van der Waals surface area contributed by atoms with Gasteiger partial charge in [0.15, 0.2) is 6.33 Å². The average molecular weight is 153 g/mol. The Morgan fingerprint density at radius 3 is 3.18 bits per heavy atom. The van der Waals surface area contributed by atoms with Crippen LogP contribution >= 0.6 is 0 Å². The van der Waals surface area contributed by atoms with E-state index in [2.05, 4.69) is 22.4 Å². The quantitative estimate of drug-likeness (QED) is 0.639. The molecule has 1 aromatic heterocycles. The van der Waals surface area contributed by atoms with Crippen LogP contribution in [0.15, 0.2) is 10.9 Å². The van der Waals surface area contributed by atoms with Crippen molar-refractivity contribution in [3.8, 4) is 0 Å². The van der Waals surface area contributed by atoms with Gasteiger partial charge in [0.2, 0.25) is 5.89 Å². The maximum Gasteiger partial charge on any atom is 0.231 e. The summed E-state index contributed by atoms with van der Waals surface area (Å²) in [6.45, 7) is 3.19. The molecule has 60 valence electrons. The van der Waals surface area contributed by atoms with Gasteiger partial charge in [-0.3, -0.25) is 0 Å². The monoisotopic (exact) mass is 153 g/mol. The average Bonchev–Trinajstić information content (AvgIpc) is 2.55. The van der Waals surface area contributed by atoms with Crippen molar-refractivity contribution in [2.75, 3.05) is 6.54 Å². The van der Waals surface area contributed by atoms with Crippen LogP contribution in [-0.2, 0) is 0 Å². The summed E-state index contributed by atoms with van der Waals surface area (Å²) in [5, 5.41) is 6.92. The van der Waals surface area contributed by atoms with Gasteiger partial charge in [0.1, 0.15) is 0 Å². The zero-order chi connectivity index (χ0) is 7.68. The van der Waals surface area contributed by atoms with Crippen molar-refractivity contribution < 1.29 is 4.52 Å². The molecule has 2 atom stereocenters. The predicted molar refractivity (Wildman–Crippen MR) is 39.1 cm³/mol. The lowest BCUT2D eigenvalue weighted by Gasteiger charge is -2.08. The van der Waals surface area contributed by atoms with Gasteiger partial charge in [-0.1, -0.05) is 5.16 Å². The summed E-state index contributed by atoms with van der Waals surface area (Å²) in [6.07, 6.45) is 2.56. The van der Waals surface area contributed by atoms with E-state index < -0.39 is 0 Å². The maximum absolute atomic E-state index is 4.99. The van der Waals surface area contributed by atoms with Crippen molar-refractivity contribution in [1.82, 2.24) is 15.5 Å². The molecule has 2 unspecified atom stereocenters. The van der Waals surface area contributed by atoms with E-state index in [1.165, 1.54) is 6.33 Å². The van der Waals surface area contributed by atoms with E-state index in [0.717, 1.165) is 18.9 Å². The Balaban J connectivity index is 2.16. The molecule has 1 aliphatic rings. The number of hydrogen-bond acceptors (Lipinski definition) is 4. The molecule has 2 heterocycles. The summed E-state index contributed by atoms with van der Waals surface area (Å²) in [5.74, 6) is 1.18. The number of hydrogen-bond donors (Lipinski definition) is 1. The summed E-state index contributed by atoms with van der Waals surface area (Å²) in [4.78, 5) is 4.03. The molecule has 1 aliphatic heterocycles. The maximum atomic E-state index is 4.99. The van der Waals surface area contributed by atoms with E-state index in [4.69, 9.17) is 4.52 Å². The van der Waals surface area contributed by atoms with Crippen LogP contribution in [-0.4, -0.2) is 22.7 Å². The van der Waals surface area contributed by atoms with Crippen molar-refractivity contribution in [3.63, 3.8) is 0 Å². The summed E-state index contributed by atoms with van der Waals surface area (Å²) in [7, 11) is 0. The van der Waals surface area contributed by atoms with Gasteiger partial charge in [-0.2, -0.15) is 4.98 Å². The second-order valence-corrected chi connectivity index (χ2v) is 2.92. The molecule has 1 saturated heterocycles. The van der Waals surface area contributed by atoms with Crippen LogP contribution in [0.2, 0.25) is 0 Å². The zero-order valence-electron chi connectivity index (χ0n) is 6.45. The van der Waals surface area contributed by atoms with Gasteiger partial charge in [0.25, 0.3) is 0 Å². The molecule has 4 heteroatoms. The first-order valence-corrected chi connectivity index (χ1v) is 3.88. The summed E-state index contributed by atoms with van der Waals surface area (Å²) >= 11 is 0. The number of nitrogens with zero attached hydrogens (tertiary/aromatic N) is 2. The lowest BCUT2D eigenvalue weighted by Crippen LogP contribution is -2.21. The zero-order valence-corrected chi connectivity index (χ0v) is 6.45. The fraction of sp³-hybridized carbons (Fsp3) is 0.714. The molecule has 0 aliphatic carbocycles. The third kappa shape index (κ3) is 1.14. The molecule has 1 aromatic rings. The second kappa shape index (κ2) is 2.62. The van der Waals surface area contributed by atoms with Crippen LogP contribution < -0.4 is 5.32 Å². The van der Waals surface area contributed by atoms with Crippen LogP contribution in [0.5, 0.6) is 0 Å². The first-order chi connectivity index (χ1) is 5.38. The van der Waals surface area contributed by atoms with Crippen molar-refractivity contribution >= 4 is 0 Å². The standard InChI is InChI=1S/C7H11N3O/c1-5-6(2-3-8-5)7-9-4-10-11-7/h4-6,8H,2-3H2,1H3. The van der Waals surface area contributed by atoms with Crippen LogP contribution in [0.1, 0.15) is 25.2 Å². The van der Waals surface area contributed by atoms with Gasteiger partial charge in [0, 0.05) is 6.04 Å². The first kappa shape index (κ1) is 6.79. The fourth-order valence-electron chi connectivity index (χ4n) is 1.54. The van der Waals surface area contributed by atoms with Crippen LogP contribution in [0.3, 0.4) is 0 Å². The largest absolute Gasteiger partial charge is 0.339 e. The number of aromatic nitrogens is 2. The molecule has 0 radical (unpaired) electrons. The van der Waals surface area contributed by atoms with E-state index in [-0.39, 0.29) is 0 Å². The Labute approximate surface area is 65.0 Å². The van der Waals surface area contributed by atoms with Gasteiger partial charge >= 0.3 is 0 Å². The Kier molecular flexibility index (Phi) is 1.62. The van der Waals surface area contributed by atoms with Crippen molar-refractivity contribution in [3.05, 3.63) is 12.2 Å². The van der Waals surface area contributed by atoms with Crippen molar-refractivity contribution in [2.24, 2.45) is 0 Å². The molecular weight excluding hydrogens is 142 g/mol. The molecule has 0 aromatic carbocycles. The lowest BCUT2D eigenvalue weighted by atomic mass is 10.0. The fourth-order valence-corrected chi connectivity index (χ4v) is 1.54. The van der Waals surface area contributed by atoms with Gasteiger partial charge in [-0.25, -0.2) is 0 Å². The highest BCUT2D eigenvalue weighted by Gasteiger charge is 2.28. The Hall–Kier alpha value is -0.900. The summed E-state index contributed by atoms with van der Waals surface area (Å²) in [5.41, 5.74) is 0. The summed E-state index contributed by atoms with van der Waals surface area (Å²) < 4.78 is 4.99. The second-order valence-electron chi connectivity index (χ2n) is 2.92. The van der Waals surface area contributed by atoms with Gasteiger partial charge in [-0.05, 0) is 19.9 Å². The molecule has 0 saturated carbocycles. The van der Waals surface area contributed by atoms with Crippen LogP contribution in [0, 0.1) is 0 Å². The normalized spacial score (nSPS) is 31.0. The van der Waals surface area contributed by atoms with E-state index in [9.17, 15) is 0 Å². The molecule has 0 spiro atoms. The molecule has 2 rings (SSSR count). The highest BCUT2D eigenvalue weighted by atomic mass is 16.5. The molecule has 0 amide bonds. The Morgan fingerprint density at radius 1 is 1.73 bits per heavy atom. The smallest absolute Gasteiger partial charge is 0.231 e. The molecule has 0 bridgehead atoms. The third-order valence-electron chi connectivity index (χ3n) is 2.22. The Morgan fingerprint density at radius 2 is 2.64 bits per heavy atom. The minimum absolute atomic E-state index is 0.414. The van der Waals surface area contributed by atoms with Gasteiger partial charge in [0.05, 0.1) is 5.92 Å². The summed E-state index contributed by atoms with van der Waals surface area (Å²) in [6, 6.07) is 0.468. The topological polar surface area (TPSA) is 51.0 Å². The highest BCUT2D eigenvalue weighted by molar-refractivity contribution is 4.99. The van der Waals surface area contributed by atoms with Crippen molar-refractivity contribution in [2.45, 2.75) is 25.3 Å². The van der Waals surface area contributed by atoms with E-state index in [0.29, 0.717) is 12.0 Å². The van der Waals surface area contributed by atoms with E-state index >= 15 is 0 Å². The SMILES string of the molecule is CC1NCCC1c1ncno1. The third-order valence-corrected chi connectivity index (χ3v) is 2.22. The molecule has 11 heavy (non-hydrogen) atoms. The van der Waals surface area contributed by atoms with Gasteiger partial charge < -0.3 is 9.84 Å². The number of rotatable bonds is 1. The first-order valence-electron chi connectivity index (χ1n) is 3.88. The minimum Gasteiger partial charge on any atom is -0.339 e. The van der Waals surface area contributed by atoms with Crippen molar-refractivity contribution in [1.29, 1.82) is 0 Å². The van der Waals surface area contributed by atoms with E-state index in [1.807, 2.05) is 0 Å². The number of nitrogens with one attached hydrogen (secondary N) is 1. The highest BCUT2D eigenvalue weighted by Crippen LogP contribution is 2.24. The molecule has 1 fully saturated rings. The Bertz CT molecular complexity index is 222. The minimum atomic E-state index is 0.414. The lowest BCUT2D eigenvalue weighted by molar-refractivity contribution is 0.344. The molecular formula is C7H11N3O. The van der Waals surface area contributed by atoms with Gasteiger partial charge in [-0.15, -0.1) is 0 Å². The predicted octanol–water partition coefficient (Wildman–Crippen LogP) is 0.535. The van der Waals surface area contributed by atoms with Crippen LogP contribution in [0.25, 0.3) is 0 Å². The molecule has 4 nitrogen and oxygen atoms in total. The van der Waals surface area contributed by atoms with Crippen LogP contribution in [0.4, 0.5) is 0 Å². The van der Waals surface area contributed by atoms with E-state index in [1.54, 1.807) is 0 Å².